The summed E-state index contributed by atoms with van der Waals surface area (Å²) in [6.45, 7) is 0. The molecule has 180 valence electrons. The van der Waals surface area contributed by atoms with Crippen LogP contribution in [0, 0.1) is 17.8 Å². The number of benzene rings is 3. The van der Waals surface area contributed by atoms with Crippen LogP contribution in [-0.4, -0.2) is 13.0 Å². The predicted octanol–water partition coefficient (Wildman–Crippen LogP) is 7.65. The van der Waals surface area contributed by atoms with Gasteiger partial charge in [-0.3, -0.25) is 4.79 Å². The van der Waals surface area contributed by atoms with Crippen LogP contribution in [0.25, 0.3) is 0 Å². The molecule has 4 fully saturated rings. The summed E-state index contributed by atoms with van der Waals surface area (Å²) in [7, 11) is 1.64. The van der Waals surface area contributed by atoms with Crippen LogP contribution in [0.15, 0.2) is 66.7 Å². The van der Waals surface area contributed by atoms with Gasteiger partial charge >= 0.3 is 0 Å². The van der Waals surface area contributed by atoms with Crippen molar-refractivity contribution in [2.75, 3.05) is 17.7 Å². The van der Waals surface area contributed by atoms with Crippen LogP contribution in [0.2, 0.25) is 5.02 Å². The molecule has 0 saturated heterocycles. The van der Waals surface area contributed by atoms with Gasteiger partial charge in [0.1, 0.15) is 0 Å². The van der Waals surface area contributed by atoms with Crippen LogP contribution < -0.4 is 16.0 Å². The third-order valence-electron chi connectivity index (χ3n) is 8.46. The molecule has 0 aliphatic heterocycles. The summed E-state index contributed by atoms with van der Waals surface area (Å²) in [5.74, 6) is 2.66. The normalized spacial score (nSPS) is 26.4. The fourth-order valence-corrected chi connectivity index (χ4v) is 7.51. The van der Waals surface area contributed by atoms with Crippen molar-refractivity contribution >= 4 is 40.3 Å². The molecule has 4 saturated carbocycles. The number of halogens is 1. The lowest BCUT2D eigenvalue weighted by Crippen LogP contribution is -2.48. The topological polar surface area (TPSA) is 53.2 Å². The number of carbonyl (C=O) groups is 1. The minimum Gasteiger partial charge on any atom is -0.355 e. The Hall–Kier alpha value is -2.98. The van der Waals surface area contributed by atoms with Crippen LogP contribution in [0.5, 0.6) is 0 Å². The van der Waals surface area contributed by atoms with Crippen molar-refractivity contribution in [3.63, 3.8) is 0 Å². The molecule has 4 aliphatic rings. The van der Waals surface area contributed by atoms with Crippen molar-refractivity contribution in [3.05, 3.63) is 82.9 Å². The Kier molecular flexibility index (Phi) is 5.72. The van der Waals surface area contributed by atoms with Gasteiger partial charge in [-0.15, -0.1) is 0 Å². The Morgan fingerprint density at radius 1 is 0.800 bits per heavy atom. The monoisotopic (exact) mass is 485 g/mol. The van der Waals surface area contributed by atoms with E-state index in [1.54, 1.807) is 7.05 Å². The minimum atomic E-state index is -0.113. The van der Waals surface area contributed by atoms with Crippen LogP contribution >= 0.6 is 11.6 Å². The second kappa shape index (κ2) is 8.91. The maximum absolute atomic E-state index is 12.1. The average molecular weight is 486 g/mol. The van der Waals surface area contributed by atoms with E-state index in [-0.39, 0.29) is 5.91 Å². The highest BCUT2D eigenvalue weighted by atomic mass is 35.5. The number of hydrogen-bond acceptors (Lipinski definition) is 3. The van der Waals surface area contributed by atoms with E-state index >= 15 is 0 Å². The van der Waals surface area contributed by atoms with Gasteiger partial charge < -0.3 is 16.0 Å². The highest BCUT2D eigenvalue weighted by Gasteiger charge is 2.51. The Labute approximate surface area is 212 Å². The molecule has 4 nitrogen and oxygen atoms in total. The summed E-state index contributed by atoms with van der Waals surface area (Å²) in [5, 5.41) is 10.3. The first-order valence-electron chi connectivity index (χ1n) is 12.8. The lowest BCUT2D eigenvalue weighted by molar-refractivity contribution is -0.00517. The fourth-order valence-electron chi connectivity index (χ4n) is 7.28. The number of carbonyl (C=O) groups excluding carboxylic acids is 1. The van der Waals surface area contributed by atoms with Gasteiger partial charge in [-0.1, -0.05) is 29.8 Å². The van der Waals surface area contributed by atoms with Gasteiger partial charge in [0, 0.05) is 18.4 Å². The van der Waals surface area contributed by atoms with E-state index in [1.807, 2.05) is 48.5 Å². The summed E-state index contributed by atoms with van der Waals surface area (Å²) < 4.78 is 0. The molecule has 0 radical (unpaired) electrons. The van der Waals surface area contributed by atoms with E-state index in [0.717, 1.165) is 45.5 Å². The number of anilines is 4. The summed E-state index contributed by atoms with van der Waals surface area (Å²) in [5.41, 5.74) is 6.01. The number of amides is 1. The molecule has 3 aromatic rings. The zero-order valence-electron chi connectivity index (χ0n) is 20.1. The van der Waals surface area contributed by atoms with E-state index in [4.69, 9.17) is 11.6 Å². The molecular weight excluding hydrogens is 454 g/mol. The van der Waals surface area contributed by atoms with Crippen LogP contribution in [0.4, 0.5) is 22.7 Å². The van der Waals surface area contributed by atoms with E-state index in [0.29, 0.717) is 11.0 Å². The van der Waals surface area contributed by atoms with Crippen molar-refractivity contribution in [3.8, 4) is 0 Å². The van der Waals surface area contributed by atoms with Gasteiger partial charge in [-0.2, -0.15) is 0 Å². The van der Waals surface area contributed by atoms with Crippen LogP contribution in [0.1, 0.15) is 54.4 Å². The molecule has 0 heterocycles. The van der Waals surface area contributed by atoms with Crippen LogP contribution in [-0.2, 0) is 5.41 Å². The van der Waals surface area contributed by atoms with Gasteiger partial charge in [0.2, 0.25) is 0 Å². The standard InChI is InChI=1S/C30H32ClN3O/c1-32-29(35)25-4-2-3-5-27(25)33-23-7-9-24(10-8-23)34-28-11-6-22(15-26(28)31)30-16-19-12-20(17-30)14-21(13-19)18-30/h2-11,15,19-21,33-34H,12-14,16-18H2,1H3,(H,32,35). The molecule has 4 aliphatic carbocycles. The Morgan fingerprint density at radius 2 is 1.37 bits per heavy atom. The Morgan fingerprint density at radius 3 is 1.94 bits per heavy atom. The number of hydrogen-bond donors (Lipinski definition) is 3. The first kappa shape index (κ1) is 22.5. The zero-order chi connectivity index (χ0) is 24.0. The van der Waals surface area contributed by atoms with Crippen LogP contribution in [0.3, 0.4) is 0 Å². The molecule has 3 N–H and O–H groups in total. The van der Waals surface area contributed by atoms with Gasteiger partial charge in [-0.25, -0.2) is 0 Å². The molecule has 7 rings (SSSR count). The average Bonchev–Trinajstić information content (AvgIpc) is 2.85. The Balaban J connectivity index is 1.16. The molecule has 3 aromatic carbocycles. The van der Waals surface area contributed by atoms with Crippen molar-refractivity contribution in [1.29, 1.82) is 0 Å². The fraction of sp³-hybridized carbons (Fsp3) is 0.367. The summed E-state index contributed by atoms with van der Waals surface area (Å²) in [4.78, 5) is 12.1. The first-order valence-corrected chi connectivity index (χ1v) is 13.1. The lowest BCUT2D eigenvalue weighted by Gasteiger charge is -2.57. The molecule has 0 atom stereocenters. The quantitative estimate of drug-likeness (QED) is 0.336. The predicted molar refractivity (Wildman–Crippen MR) is 144 cm³/mol. The maximum Gasteiger partial charge on any atom is 0.253 e. The van der Waals surface area contributed by atoms with Gasteiger partial charge in [0.05, 0.1) is 22.0 Å². The van der Waals surface area contributed by atoms with Crippen molar-refractivity contribution in [2.45, 2.75) is 43.9 Å². The second-order valence-electron chi connectivity index (χ2n) is 10.8. The number of rotatable bonds is 6. The zero-order valence-corrected chi connectivity index (χ0v) is 20.9. The molecule has 35 heavy (non-hydrogen) atoms. The molecule has 5 heteroatoms. The number of nitrogens with one attached hydrogen (secondary N) is 3. The highest BCUT2D eigenvalue weighted by Crippen LogP contribution is 2.61. The van der Waals surface area contributed by atoms with E-state index < -0.39 is 0 Å². The van der Waals surface area contributed by atoms with E-state index in [9.17, 15) is 4.79 Å². The summed E-state index contributed by atoms with van der Waals surface area (Å²) in [6.07, 6.45) is 8.40. The van der Waals surface area contributed by atoms with Crippen molar-refractivity contribution in [1.82, 2.24) is 5.32 Å². The van der Waals surface area contributed by atoms with Gasteiger partial charge in [0.15, 0.2) is 0 Å². The van der Waals surface area contributed by atoms with Gasteiger partial charge in [-0.05, 0) is 116 Å². The second-order valence-corrected chi connectivity index (χ2v) is 11.3. The molecule has 0 aromatic heterocycles. The lowest BCUT2D eigenvalue weighted by atomic mass is 9.48. The molecule has 0 spiro atoms. The van der Waals surface area contributed by atoms with E-state index in [2.05, 4.69) is 34.1 Å². The minimum absolute atomic E-state index is 0.113. The number of para-hydroxylation sites is 1. The Bertz CT molecular complexity index is 1220. The molecular formula is C30H32ClN3O. The third kappa shape index (κ3) is 4.29. The molecule has 1 amide bonds. The third-order valence-corrected chi connectivity index (χ3v) is 8.77. The van der Waals surface area contributed by atoms with E-state index in [1.165, 1.54) is 44.1 Å². The van der Waals surface area contributed by atoms with Gasteiger partial charge in [0.25, 0.3) is 5.91 Å². The SMILES string of the molecule is CNC(=O)c1ccccc1Nc1ccc(Nc2ccc(C34CC5CC(CC(C5)C3)C4)cc2Cl)cc1. The van der Waals surface area contributed by atoms with Crippen molar-refractivity contribution in [2.24, 2.45) is 17.8 Å². The smallest absolute Gasteiger partial charge is 0.253 e. The maximum atomic E-state index is 12.1. The molecule has 0 unspecified atom stereocenters. The summed E-state index contributed by atoms with van der Waals surface area (Å²) in [6, 6.07) is 22.2. The summed E-state index contributed by atoms with van der Waals surface area (Å²) >= 11 is 6.81. The molecule has 4 bridgehead atoms. The first-order chi connectivity index (χ1) is 17.0. The van der Waals surface area contributed by atoms with Crippen molar-refractivity contribution < 1.29 is 4.79 Å². The largest absolute Gasteiger partial charge is 0.355 e. The highest BCUT2D eigenvalue weighted by molar-refractivity contribution is 6.33.